The molecule has 0 aromatic heterocycles. The van der Waals surface area contributed by atoms with Crippen LogP contribution in [0.3, 0.4) is 0 Å². The Kier molecular flexibility index (Phi) is 4.26. The first-order valence-corrected chi connectivity index (χ1v) is 5.21. The van der Waals surface area contributed by atoms with Gasteiger partial charge in [-0.15, -0.1) is 0 Å². The second-order valence-electron chi connectivity index (χ2n) is 4.06. The van der Waals surface area contributed by atoms with Crippen LogP contribution in [0.15, 0.2) is 42.5 Å². The van der Waals surface area contributed by atoms with Crippen LogP contribution >= 0.6 is 0 Å². The van der Waals surface area contributed by atoms with Gasteiger partial charge in [0.2, 0.25) is 5.91 Å². The summed E-state index contributed by atoms with van der Waals surface area (Å²) in [6, 6.07) is 9.96. The minimum absolute atomic E-state index is 0.0418. The number of carbonyl (C=O) groups is 1. The minimum atomic E-state index is -0.436. The smallest absolute Gasteiger partial charge is 0.245 e. The molecule has 0 bridgehead atoms. The normalized spacial score (nSPS) is 12.4. The number of hydrogen-bond acceptors (Lipinski definition) is 2. The molecule has 0 heterocycles. The van der Waals surface area contributed by atoms with E-state index in [1.807, 2.05) is 49.3 Å². The number of rotatable bonds is 5. The molecule has 0 saturated carbocycles. The molecule has 3 heteroatoms. The fourth-order valence-electron chi connectivity index (χ4n) is 1.62. The van der Waals surface area contributed by atoms with Crippen molar-refractivity contribution >= 4 is 5.91 Å². The maximum absolute atomic E-state index is 11.1. The van der Waals surface area contributed by atoms with Crippen molar-refractivity contribution in [3.8, 4) is 0 Å². The number of carbonyl (C=O) groups excluding carboxylic acids is 1. The van der Waals surface area contributed by atoms with Gasteiger partial charge in [0.1, 0.15) is 0 Å². The van der Waals surface area contributed by atoms with Crippen molar-refractivity contribution in [3.63, 3.8) is 0 Å². The predicted octanol–water partition coefficient (Wildman–Crippen LogP) is 1.20. The number of likely N-dealkylation sites (N-methyl/N-ethyl adjacent to an activating group) is 1. The number of primary amides is 1. The lowest BCUT2D eigenvalue weighted by atomic mass is 9.99. The van der Waals surface area contributed by atoms with Gasteiger partial charge in [-0.1, -0.05) is 36.9 Å². The van der Waals surface area contributed by atoms with Crippen molar-refractivity contribution in [2.75, 3.05) is 14.1 Å². The molecule has 3 nitrogen and oxygen atoms in total. The van der Waals surface area contributed by atoms with Crippen LogP contribution in [0.2, 0.25) is 0 Å². The Hall–Kier alpha value is -1.61. The Morgan fingerprint density at radius 3 is 2.38 bits per heavy atom. The lowest BCUT2D eigenvalue weighted by molar-refractivity contribution is -0.115. The van der Waals surface area contributed by atoms with E-state index in [0.29, 0.717) is 5.57 Å². The Balaban J connectivity index is 2.81. The van der Waals surface area contributed by atoms with Crippen molar-refractivity contribution in [1.29, 1.82) is 0 Å². The van der Waals surface area contributed by atoms with Crippen LogP contribution in [0.5, 0.6) is 0 Å². The number of hydrogen-bond donors (Lipinski definition) is 1. The third kappa shape index (κ3) is 3.21. The molecular formula is C13H18N2O. The van der Waals surface area contributed by atoms with E-state index in [2.05, 4.69) is 6.58 Å². The minimum Gasteiger partial charge on any atom is -0.366 e. The zero-order valence-corrected chi connectivity index (χ0v) is 9.81. The summed E-state index contributed by atoms with van der Waals surface area (Å²) in [7, 11) is 3.84. The van der Waals surface area contributed by atoms with Crippen LogP contribution in [-0.4, -0.2) is 30.9 Å². The Bertz CT molecular complexity index is 371. The van der Waals surface area contributed by atoms with E-state index in [1.165, 1.54) is 5.56 Å². The molecule has 86 valence electrons. The Labute approximate surface area is 96.6 Å². The Morgan fingerprint density at radius 2 is 1.94 bits per heavy atom. The lowest BCUT2D eigenvalue weighted by Crippen LogP contribution is -2.36. The summed E-state index contributed by atoms with van der Waals surface area (Å²) in [5.41, 5.74) is 6.89. The van der Waals surface area contributed by atoms with Gasteiger partial charge >= 0.3 is 0 Å². The standard InChI is InChI=1S/C13H18N2O/c1-10(13(14)16)12(15(2)3)9-11-7-5-4-6-8-11/h4-8,12H,1,9H2,2-3H3,(H2,14,16). The van der Waals surface area contributed by atoms with E-state index in [1.54, 1.807) is 0 Å². The maximum atomic E-state index is 11.1. The SMILES string of the molecule is C=C(C(N)=O)C(Cc1ccccc1)N(C)C. The van der Waals surface area contributed by atoms with Crippen LogP contribution < -0.4 is 5.73 Å². The fraction of sp³-hybridized carbons (Fsp3) is 0.308. The van der Waals surface area contributed by atoms with E-state index < -0.39 is 5.91 Å². The third-order valence-corrected chi connectivity index (χ3v) is 2.61. The molecule has 1 aromatic rings. The summed E-state index contributed by atoms with van der Waals surface area (Å²) in [5.74, 6) is -0.436. The molecule has 1 unspecified atom stereocenters. The number of nitrogens with zero attached hydrogens (tertiary/aromatic N) is 1. The van der Waals surface area contributed by atoms with E-state index in [-0.39, 0.29) is 6.04 Å². The molecule has 0 aliphatic heterocycles. The van der Waals surface area contributed by atoms with Crippen LogP contribution in [0.1, 0.15) is 5.56 Å². The summed E-state index contributed by atoms with van der Waals surface area (Å²) >= 11 is 0. The average molecular weight is 218 g/mol. The number of benzene rings is 1. The summed E-state index contributed by atoms with van der Waals surface area (Å²) < 4.78 is 0. The van der Waals surface area contributed by atoms with Crippen LogP contribution in [0.25, 0.3) is 0 Å². The molecule has 1 atom stereocenters. The van der Waals surface area contributed by atoms with Crippen LogP contribution in [0.4, 0.5) is 0 Å². The van der Waals surface area contributed by atoms with Gasteiger partial charge < -0.3 is 10.6 Å². The largest absolute Gasteiger partial charge is 0.366 e. The quantitative estimate of drug-likeness (QED) is 0.755. The first-order chi connectivity index (χ1) is 7.52. The molecule has 0 fully saturated rings. The highest BCUT2D eigenvalue weighted by molar-refractivity contribution is 5.92. The van der Waals surface area contributed by atoms with Crippen molar-refractivity contribution in [1.82, 2.24) is 4.90 Å². The van der Waals surface area contributed by atoms with Crippen molar-refractivity contribution < 1.29 is 4.79 Å². The molecule has 0 radical (unpaired) electrons. The summed E-state index contributed by atoms with van der Waals surface area (Å²) in [4.78, 5) is 13.1. The van der Waals surface area contributed by atoms with E-state index in [4.69, 9.17) is 5.73 Å². The second kappa shape index (κ2) is 5.47. The van der Waals surface area contributed by atoms with E-state index in [9.17, 15) is 4.79 Å². The fourth-order valence-corrected chi connectivity index (χ4v) is 1.62. The van der Waals surface area contributed by atoms with Gasteiger partial charge in [-0.3, -0.25) is 4.79 Å². The van der Waals surface area contributed by atoms with Gasteiger partial charge in [0.05, 0.1) is 0 Å². The first kappa shape index (κ1) is 12.5. The molecule has 0 aliphatic rings. The van der Waals surface area contributed by atoms with Gasteiger partial charge in [-0.05, 0) is 26.1 Å². The lowest BCUT2D eigenvalue weighted by Gasteiger charge is -2.24. The van der Waals surface area contributed by atoms with Crippen molar-refractivity contribution in [3.05, 3.63) is 48.0 Å². The van der Waals surface area contributed by atoms with Crippen LogP contribution in [0, 0.1) is 0 Å². The molecule has 1 rings (SSSR count). The van der Waals surface area contributed by atoms with Gasteiger partial charge in [-0.25, -0.2) is 0 Å². The summed E-state index contributed by atoms with van der Waals surface area (Å²) in [5, 5.41) is 0. The highest BCUT2D eigenvalue weighted by Crippen LogP contribution is 2.12. The highest BCUT2D eigenvalue weighted by atomic mass is 16.1. The van der Waals surface area contributed by atoms with Gasteiger partial charge in [0.25, 0.3) is 0 Å². The third-order valence-electron chi connectivity index (χ3n) is 2.61. The monoisotopic (exact) mass is 218 g/mol. The number of nitrogens with two attached hydrogens (primary N) is 1. The zero-order valence-electron chi connectivity index (χ0n) is 9.81. The average Bonchev–Trinajstić information content (AvgIpc) is 2.26. The Morgan fingerprint density at radius 1 is 1.38 bits per heavy atom. The predicted molar refractivity (Wildman–Crippen MR) is 66.0 cm³/mol. The topological polar surface area (TPSA) is 46.3 Å². The highest BCUT2D eigenvalue weighted by Gasteiger charge is 2.19. The van der Waals surface area contributed by atoms with Gasteiger partial charge in [0.15, 0.2) is 0 Å². The van der Waals surface area contributed by atoms with E-state index in [0.717, 1.165) is 6.42 Å². The second-order valence-corrected chi connectivity index (χ2v) is 4.06. The van der Waals surface area contributed by atoms with E-state index >= 15 is 0 Å². The molecule has 0 spiro atoms. The first-order valence-electron chi connectivity index (χ1n) is 5.21. The van der Waals surface area contributed by atoms with Crippen molar-refractivity contribution in [2.45, 2.75) is 12.5 Å². The van der Waals surface area contributed by atoms with Crippen molar-refractivity contribution in [2.24, 2.45) is 5.73 Å². The van der Waals surface area contributed by atoms with Gasteiger partial charge in [-0.2, -0.15) is 0 Å². The molecule has 1 amide bonds. The molecule has 16 heavy (non-hydrogen) atoms. The molecule has 0 aliphatic carbocycles. The van der Waals surface area contributed by atoms with Crippen LogP contribution in [-0.2, 0) is 11.2 Å². The molecule has 1 aromatic carbocycles. The van der Waals surface area contributed by atoms with Gasteiger partial charge in [0, 0.05) is 11.6 Å². The molecule has 2 N–H and O–H groups in total. The maximum Gasteiger partial charge on any atom is 0.245 e. The number of amides is 1. The molecule has 0 saturated heterocycles. The molecular weight excluding hydrogens is 200 g/mol. The summed E-state index contributed by atoms with van der Waals surface area (Å²) in [6.07, 6.45) is 0.746. The zero-order chi connectivity index (χ0) is 12.1. The summed E-state index contributed by atoms with van der Waals surface area (Å²) in [6.45, 7) is 3.76.